The van der Waals surface area contributed by atoms with E-state index in [1.165, 1.54) is 31.4 Å². The minimum absolute atomic E-state index is 0.0572. The van der Waals surface area contributed by atoms with Gasteiger partial charge in [-0.3, -0.25) is 4.79 Å². The molecule has 1 saturated heterocycles. The molecule has 0 amide bonds. The van der Waals surface area contributed by atoms with Crippen LogP contribution in [0.3, 0.4) is 0 Å². The molecule has 1 aliphatic heterocycles. The van der Waals surface area contributed by atoms with Crippen LogP contribution >= 0.6 is 0 Å². The van der Waals surface area contributed by atoms with Crippen LogP contribution in [0.4, 0.5) is 13.2 Å². The summed E-state index contributed by atoms with van der Waals surface area (Å²) in [6.45, 7) is -0.164. The maximum absolute atomic E-state index is 13.2. The quantitative estimate of drug-likeness (QED) is 0.859. The number of carbonyl (C=O) groups excluding carboxylic acids is 1. The smallest absolute Gasteiger partial charge is 0.402 e. The maximum atomic E-state index is 13.2. The summed E-state index contributed by atoms with van der Waals surface area (Å²) in [5.74, 6) is -0.380. The average molecular weight is 273 g/mol. The normalized spacial score (nSPS) is 23.4. The van der Waals surface area contributed by atoms with Crippen molar-refractivity contribution >= 4 is 5.78 Å². The van der Waals surface area contributed by atoms with Gasteiger partial charge in [0.2, 0.25) is 0 Å². The summed E-state index contributed by atoms with van der Waals surface area (Å²) >= 11 is 0. The number of hydrogen-bond acceptors (Lipinski definition) is 3. The Hall–Kier alpha value is -1.56. The average Bonchev–Trinajstić information content (AvgIpc) is 2.88. The Morgan fingerprint density at radius 2 is 1.95 bits per heavy atom. The molecule has 1 heterocycles. The Balaban J connectivity index is 2.34. The molecule has 0 aliphatic carbocycles. The van der Waals surface area contributed by atoms with E-state index < -0.39 is 17.4 Å². The summed E-state index contributed by atoms with van der Waals surface area (Å²) < 4.78 is 44.6. The Bertz CT molecular complexity index is 462. The van der Waals surface area contributed by atoms with Gasteiger partial charge in [0.05, 0.1) is 7.11 Å². The van der Waals surface area contributed by atoms with Gasteiger partial charge in [0, 0.05) is 12.1 Å². The molecule has 1 N–H and O–H groups in total. The van der Waals surface area contributed by atoms with Gasteiger partial charge in [-0.25, -0.2) is 0 Å². The third-order valence-electron chi connectivity index (χ3n) is 3.48. The number of benzene rings is 1. The summed E-state index contributed by atoms with van der Waals surface area (Å²) in [5.41, 5.74) is -2.25. The van der Waals surface area contributed by atoms with Crippen LogP contribution in [0.25, 0.3) is 0 Å². The number of alkyl halides is 3. The molecule has 0 spiro atoms. The molecular formula is C13H14F3NO2. The lowest BCUT2D eigenvalue weighted by Gasteiger charge is -2.29. The molecule has 0 radical (unpaired) electrons. The van der Waals surface area contributed by atoms with Gasteiger partial charge < -0.3 is 10.1 Å². The highest BCUT2D eigenvalue weighted by Crippen LogP contribution is 2.45. The van der Waals surface area contributed by atoms with Crippen LogP contribution in [0.5, 0.6) is 5.75 Å². The van der Waals surface area contributed by atoms with Gasteiger partial charge in [-0.05, 0) is 37.2 Å². The number of hydrogen-bond donors (Lipinski definition) is 1. The van der Waals surface area contributed by atoms with E-state index >= 15 is 0 Å². The van der Waals surface area contributed by atoms with E-state index in [1.54, 1.807) is 0 Å². The second kappa shape index (κ2) is 4.85. The highest BCUT2D eigenvalue weighted by Gasteiger charge is 2.61. The van der Waals surface area contributed by atoms with Gasteiger partial charge in [-0.15, -0.1) is 0 Å². The molecule has 2 rings (SSSR count). The molecule has 1 fully saturated rings. The molecule has 19 heavy (non-hydrogen) atoms. The summed E-state index contributed by atoms with van der Waals surface area (Å²) in [4.78, 5) is 12.2. The monoisotopic (exact) mass is 273 g/mol. The summed E-state index contributed by atoms with van der Waals surface area (Å²) in [7, 11) is 1.45. The van der Waals surface area contributed by atoms with Gasteiger partial charge in [0.15, 0.2) is 5.78 Å². The van der Waals surface area contributed by atoms with Crippen molar-refractivity contribution < 1.29 is 22.7 Å². The highest BCUT2D eigenvalue weighted by molar-refractivity contribution is 6.01. The molecule has 0 aromatic heterocycles. The molecule has 1 aromatic rings. The van der Waals surface area contributed by atoms with E-state index in [4.69, 9.17) is 4.74 Å². The van der Waals surface area contributed by atoms with Crippen LogP contribution in [-0.4, -0.2) is 32.2 Å². The van der Waals surface area contributed by atoms with Crippen molar-refractivity contribution in [1.82, 2.24) is 5.32 Å². The van der Waals surface area contributed by atoms with Gasteiger partial charge in [0.1, 0.15) is 11.2 Å². The van der Waals surface area contributed by atoms with Gasteiger partial charge in [0.25, 0.3) is 0 Å². The van der Waals surface area contributed by atoms with Crippen molar-refractivity contribution in [1.29, 1.82) is 0 Å². The number of methoxy groups -OCH3 is 1. The number of carbonyl (C=O) groups is 1. The number of ether oxygens (including phenoxy) is 1. The molecule has 1 unspecified atom stereocenters. The van der Waals surface area contributed by atoms with Crippen LogP contribution in [0.15, 0.2) is 24.3 Å². The molecule has 1 atom stereocenters. The first-order chi connectivity index (χ1) is 8.90. The van der Waals surface area contributed by atoms with Crippen molar-refractivity contribution in [2.24, 2.45) is 5.41 Å². The number of halogens is 3. The van der Waals surface area contributed by atoms with E-state index in [-0.39, 0.29) is 25.1 Å². The van der Waals surface area contributed by atoms with Crippen LogP contribution < -0.4 is 10.1 Å². The molecule has 0 saturated carbocycles. The van der Waals surface area contributed by atoms with Crippen LogP contribution in [0, 0.1) is 5.41 Å². The molecule has 104 valence electrons. The molecule has 0 bridgehead atoms. The zero-order chi connectivity index (χ0) is 14.1. The fourth-order valence-electron chi connectivity index (χ4n) is 2.28. The zero-order valence-electron chi connectivity index (χ0n) is 10.4. The Kier molecular flexibility index (Phi) is 3.54. The van der Waals surface area contributed by atoms with Gasteiger partial charge in [-0.2, -0.15) is 13.2 Å². The Morgan fingerprint density at radius 1 is 1.32 bits per heavy atom. The maximum Gasteiger partial charge on any atom is 0.402 e. The van der Waals surface area contributed by atoms with Crippen molar-refractivity contribution in [3.8, 4) is 5.75 Å². The van der Waals surface area contributed by atoms with Gasteiger partial charge in [-0.1, -0.05) is 0 Å². The first kappa shape index (κ1) is 13.9. The second-order valence-electron chi connectivity index (χ2n) is 4.56. The largest absolute Gasteiger partial charge is 0.497 e. The molecule has 3 nitrogen and oxygen atoms in total. The van der Waals surface area contributed by atoms with Gasteiger partial charge >= 0.3 is 6.18 Å². The van der Waals surface area contributed by atoms with Crippen molar-refractivity contribution in [3.63, 3.8) is 0 Å². The van der Waals surface area contributed by atoms with Crippen LogP contribution in [-0.2, 0) is 0 Å². The fourth-order valence-corrected chi connectivity index (χ4v) is 2.28. The van der Waals surface area contributed by atoms with E-state index in [0.717, 1.165) is 0 Å². The number of ketones is 1. The summed E-state index contributed by atoms with van der Waals surface area (Å²) in [6, 6.07) is 5.71. The Labute approximate surface area is 108 Å². The fraction of sp³-hybridized carbons (Fsp3) is 0.462. The number of nitrogens with one attached hydrogen (secondary N) is 1. The molecular weight excluding hydrogens is 259 g/mol. The van der Waals surface area contributed by atoms with E-state index in [1.807, 2.05) is 0 Å². The van der Waals surface area contributed by atoms with E-state index in [2.05, 4.69) is 5.32 Å². The molecule has 1 aliphatic rings. The zero-order valence-corrected chi connectivity index (χ0v) is 10.4. The lowest BCUT2D eigenvalue weighted by atomic mass is 9.79. The van der Waals surface area contributed by atoms with Crippen molar-refractivity contribution in [2.45, 2.75) is 12.6 Å². The third kappa shape index (κ3) is 2.32. The minimum Gasteiger partial charge on any atom is -0.497 e. The van der Waals surface area contributed by atoms with Crippen LogP contribution in [0.1, 0.15) is 16.8 Å². The minimum atomic E-state index is -4.55. The van der Waals surface area contributed by atoms with Crippen molar-refractivity contribution in [3.05, 3.63) is 29.8 Å². The standard InChI is InChI=1S/C13H14F3NO2/c1-19-10-4-2-9(3-5-10)11(18)12(13(14,15)16)6-7-17-8-12/h2-5,17H,6-8H2,1H3. The lowest BCUT2D eigenvalue weighted by Crippen LogP contribution is -2.46. The first-order valence-corrected chi connectivity index (χ1v) is 5.87. The van der Waals surface area contributed by atoms with Crippen LogP contribution in [0.2, 0.25) is 0 Å². The topological polar surface area (TPSA) is 38.3 Å². The van der Waals surface area contributed by atoms with E-state index in [9.17, 15) is 18.0 Å². The second-order valence-corrected chi connectivity index (χ2v) is 4.56. The SMILES string of the molecule is COc1ccc(C(=O)C2(C(F)(F)F)CCNC2)cc1. The summed E-state index contributed by atoms with van der Waals surface area (Å²) in [6.07, 6.45) is -4.77. The van der Waals surface area contributed by atoms with E-state index in [0.29, 0.717) is 5.75 Å². The number of rotatable bonds is 3. The number of Topliss-reactive ketones (excluding diaryl/α,β-unsaturated/α-hetero) is 1. The Morgan fingerprint density at radius 3 is 2.37 bits per heavy atom. The molecule has 6 heteroatoms. The highest BCUT2D eigenvalue weighted by atomic mass is 19.4. The first-order valence-electron chi connectivity index (χ1n) is 5.87. The van der Waals surface area contributed by atoms with Crippen molar-refractivity contribution in [2.75, 3.05) is 20.2 Å². The summed E-state index contributed by atoms with van der Waals surface area (Å²) in [5, 5.41) is 2.63. The third-order valence-corrected chi connectivity index (χ3v) is 3.48. The lowest BCUT2D eigenvalue weighted by molar-refractivity contribution is -0.197. The molecule has 1 aromatic carbocycles. The predicted octanol–water partition coefficient (Wildman–Crippen LogP) is 2.42. The predicted molar refractivity (Wildman–Crippen MR) is 63.3 cm³/mol.